The molecule has 8 nitrogen and oxygen atoms in total. The summed E-state index contributed by atoms with van der Waals surface area (Å²) in [5.41, 5.74) is 2.69. The van der Waals surface area contributed by atoms with Crippen molar-refractivity contribution in [3.05, 3.63) is 81.4 Å². The Hall–Kier alpha value is -3.72. The number of aryl methyl sites for hydroxylation is 2. The van der Waals surface area contributed by atoms with Crippen LogP contribution in [0.5, 0.6) is 0 Å². The van der Waals surface area contributed by atoms with E-state index in [1.807, 2.05) is 35.7 Å². The second-order valence-electron chi connectivity index (χ2n) is 9.28. The molecule has 2 atom stereocenters. The maximum Gasteiger partial charge on any atom is 0.325 e. The van der Waals surface area contributed by atoms with Crippen molar-refractivity contribution in [1.29, 1.82) is 0 Å². The van der Waals surface area contributed by atoms with Crippen molar-refractivity contribution in [2.24, 2.45) is 5.10 Å². The van der Waals surface area contributed by atoms with E-state index < -0.39 is 23.4 Å². The van der Waals surface area contributed by atoms with Gasteiger partial charge in [0.2, 0.25) is 0 Å². The van der Waals surface area contributed by atoms with Gasteiger partial charge in [0.05, 0.1) is 12.3 Å². The van der Waals surface area contributed by atoms with Gasteiger partial charge in [-0.1, -0.05) is 24.3 Å². The number of benzene rings is 1. The average molecular weight is 489 g/mol. The monoisotopic (exact) mass is 488 g/mol. The summed E-state index contributed by atoms with van der Waals surface area (Å²) in [4.78, 5) is 41.8. The van der Waals surface area contributed by atoms with Crippen molar-refractivity contribution >= 4 is 34.9 Å². The molecule has 0 spiro atoms. The summed E-state index contributed by atoms with van der Waals surface area (Å²) in [7, 11) is 0. The number of hydrogen-bond donors (Lipinski definition) is 1. The van der Waals surface area contributed by atoms with Crippen LogP contribution in [0.2, 0.25) is 0 Å². The van der Waals surface area contributed by atoms with Crippen molar-refractivity contribution in [3.8, 4) is 0 Å². The highest BCUT2D eigenvalue weighted by molar-refractivity contribution is 7.10. The predicted molar refractivity (Wildman–Crippen MR) is 130 cm³/mol. The van der Waals surface area contributed by atoms with Gasteiger partial charge in [-0.15, -0.1) is 11.3 Å². The third kappa shape index (κ3) is 3.58. The standard InChI is InChI=1S/C26H24N4O4S/c1-26(18-10-9-16-5-2-6-17(16)13-18)24(32)29(25(33)27-26)15-23(31)30-20(22-8-4-12-35-22)14-19(28-30)21-7-3-11-34-21/h3-4,7-13,20H,2,5-6,14-15H2,1H3,(H,27,33). The molecule has 9 heteroatoms. The third-order valence-corrected chi connectivity index (χ3v) is 8.06. The first-order valence-corrected chi connectivity index (χ1v) is 12.6. The Labute approximate surface area is 206 Å². The molecule has 1 N–H and O–H groups in total. The normalized spacial score (nSPS) is 23.6. The predicted octanol–water partition coefficient (Wildman–Crippen LogP) is 3.97. The number of carbonyl (C=O) groups is 3. The number of hydrogen-bond acceptors (Lipinski definition) is 6. The molecule has 2 unspecified atom stereocenters. The molecule has 178 valence electrons. The first kappa shape index (κ1) is 21.8. The number of furan rings is 1. The van der Waals surface area contributed by atoms with Crippen LogP contribution in [0.25, 0.3) is 0 Å². The van der Waals surface area contributed by atoms with Gasteiger partial charge in [0.1, 0.15) is 23.6 Å². The molecule has 3 aliphatic rings. The molecule has 0 bridgehead atoms. The van der Waals surface area contributed by atoms with Crippen LogP contribution in [-0.2, 0) is 28.0 Å². The van der Waals surface area contributed by atoms with Crippen LogP contribution < -0.4 is 5.32 Å². The summed E-state index contributed by atoms with van der Waals surface area (Å²) < 4.78 is 5.49. The van der Waals surface area contributed by atoms with Gasteiger partial charge in [-0.3, -0.25) is 14.5 Å². The molecule has 1 saturated heterocycles. The van der Waals surface area contributed by atoms with Gasteiger partial charge in [-0.25, -0.2) is 9.80 Å². The highest BCUT2D eigenvalue weighted by Gasteiger charge is 2.50. The lowest BCUT2D eigenvalue weighted by Gasteiger charge is -2.24. The van der Waals surface area contributed by atoms with Crippen LogP contribution in [0, 0.1) is 0 Å². The Kier molecular flexibility index (Phi) is 5.10. The number of nitrogens with zero attached hydrogens (tertiary/aromatic N) is 3. The van der Waals surface area contributed by atoms with Crippen molar-refractivity contribution in [1.82, 2.24) is 15.2 Å². The Morgan fingerprint density at radius 2 is 2.06 bits per heavy atom. The highest BCUT2D eigenvalue weighted by Crippen LogP contribution is 2.36. The van der Waals surface area contributed by atoms with E-state index in [1.165, 1.54) is 27.5 Å². The second kappa shape index (κ2) is 8.20. The molecule has 2 aromatic heterocycles. The molecule has 0 saturated carbocycles. The van der Waals surface area contributed by atoms with Crippen LogP contribution >= 0.6 is 11.3 Å². The Balaban J connectivity index is 1.26. The van der Waals surface area contributed by atoms with Gasteiger partial charge >= 0.3 is 6.03 Å². The molecule has 2 aliphatic heterocycles. The lowest BCUT2D eigenvalue weighted by molar-refractivity contribution is -0.139. The summed E-state index contributed by atoms with van der Waals surface area (Å²) in [5.74, 6) is -0.261. The van der Waals surface area contributed by atoms with Crippen LogP contribution in [0.1, 0.15) is 53.1 Å². The number of amides is 4. The van der Waals surface area contributed by atoms with Gasteiger partial charge in [-0.2, -0.15) is 5.10 Å². The molecular weight excluding hydrogens is 464 g/mol. The van der Waals surface area contributed by atoms with Crippen LogP contribution in [-0.4, -0.2) is 40.0 Å². The molecule has 35 heavy (non-hydrogen) atoms. The number of carbonyl (C=O) groups excluding carboxylic acids is 3. The maximum atomic E-state index is 13.5. The minimum atomic E-state index is -1.21. The smallest absolute Gasteiger partial charge is 0.325 e. The third-order valence-electron chi connectivity index (χ3n) is 7.09. The average Bonchev–Trinajstić information content (AvgIpc) is 3.67. The number of nitrogens with one attached hydrogen (secondary N) is 1. The van der Waals surface area contributed by atoms with Crippen molar-refractivity contribution < 1.29 is 18.8 Å². The fourth-order valence-corrected chi connectivity index (χ4v) is 5.97. The van der Waals surface area contributed by atoms with Crippen LogP contribution in [0.3, 0.4) is 0 Å². The minimum absolute atomic E-state index is 0.313. The molecular formula is C26H24N4O4S. The summed E-state index contributed by atoms with van der Waals surface area (Å²) in [5, 5.41) is 10.7. The van der Waals surface area contributed by atoms with Gasteiger partial charge in [-0.05, 0) is 66.5 Å². The minimum Gasteiger partial charge on any atom is -0.463 e. The van der Waals surface area contributed by atoms with E-state index in [9.17, 15) is 14.4 Å². The number of imide groups is 1. The first-order valence-electron chi connectivity index (χ1n) is 11.7. The van der Waals surface area contributed by atoms with Gasteiger partial charge in [0.15, 0.2) is 0 Å². The molecule has 0 radical (unpaired) electrons. The SMILES string of the molecule is CC1(c2ccc3c(c2)CCC3)NC(=O)N(CC(=O)N2N=C(c3ccco3)CC2c2cccs2)C1=O. The zero-order chi connectivity index (χ0) is 24.2. The summed E-state index contributed by atoms with van der Waals surface area (Å²) >= 11 is 1.53. The van der Waals surface area contributed by atoms with E-state index in [1.54, 1.807) is 25.3 Å². The number of thiophene rings is 1. The molecule has 1 aromatic carbocycles. The van der Waals surface area contributed by atoms with Gasteiger partial charge in [0.25, 0.3) is 11.8 Å². The van der Waals surface area contributed by atoms with Crippen LogP contribution in [0.4, 0.5) is 4.79 Å². The Morgan fingerprint density at radius 1 is 1.20 bits per heavy atom. The second-order valence-corrected chi connectivity index (χ2v) is 10.3. The maximum absolute atomic E-state index is 13.5. The first-order chi connectivity index (χ1) is 16.9. The summed E-state index contributed by atoms with van der Waals surface area (Å²) in [6.45, 7) is 1.31. The molecule has 3 aromatic rings. The van der Waals surface area contributed by atoms with E-state index in [-0.39, 0.29) is 12.6 Å². The summed E-state index contributed by atoms with van der Waals surface area (Å²) in [6, 6.07) is 12.5. The summed E-state index contributed by atoms with van der Waals surface area (Å²) in [6.07, 6.45) is 5.16. The van der Waals surface area contributed by atoms with E-state index in [4.69, 9.17) is 4.42 Å². The quantitative estimate of drug-likeness (QED) is 0.550. The van der Waals surface area contributed by atoms with E-state index in [0.29, 0.717) is 17.9 Å². The fraction of sp³-hybridized carbons (Fsp3) is 0.308. The molecule has 4 amide bonds. The largest absolute Gasteiger partial charge is 0.463 e. The highest BCUT2D eigenvalue weighted by atomic mass is 32.1. The topological polar surface area (TPSA) is 95.2 Å². The Morgan fingerprint density at radius 3 is 2.83 bits per heavy atom. The van der Waals surface area contributed by atoms with E-state index in [0.717, 1.165) is 34.6 Å². The molecule has 1 aliphatic carbocycles. The lowest BCUT2D eigenvalue weighted by Crippen LogP contribution is -2.43. The van der Waals surface area contributed by atoms with Gasteiger partial charge < -0.3 is 9.73 Å². The molecule has 1 fully saturated rings. The fourth-order valence-electron chi connectivity index (χ4n) is 5.16. The van der Waals surface area contributed by atoms with Crippen molar-refractivity contribution in [2.45, 2.75) is 44.2 Å². The van der Waals surface area contributed by atoms with Crippen molar-refractivity contribution in [3.63, 3.8) is 0 Å². The lowest BCUT2D eigenvalue weighted by atomic mass is 9.89. The number of rotatable bonds is 5. The van der Waals surface area contributed by atoms with Crippen LogP contribution in [0.15, 0.2) is 63.6 Å². The van der Waals surface area contributed by atoms with Gasteiger partial charge in [0, 0.05) is 11.3 Å². The van der Waals surface area contributed by atoms with Crippen molar-refractivity contribution in [2.75, 3.05) is 6.54 Å². The van der Waals surface area contributed by atoms with E-state index >= 15 is 0 Å². The number of hydrazone groups is 1. The molecule has 6 rings (SSSR count). The zero-order valence-electron chi connectivity index (χ0n) is 19.2. The number of fused-ring (bicyclic) bond motifs is 1. The number of urea groups is 1. The Bertz CT molecular complexity index is 1350. The van der Waals surface area contributed by atoms with E-state index in [2.05, 4.69) is 10.4 Å². The zero-order valence-corrected chi connectivity index (χ0v) is 20.0. The molecule has 4 heterocycles.